The van der Waals surface area contributed by atoms with Crippen LogP contribution in [0, 0.1) is 17.1 Å². The molecular formula is C23H22F4N4O3. The van der Waals surface area contributed by atoms with Gasteiger partial charge in [-0.05, 0) is 30.3 Å². The molecular weight excluding hydrogens is 456 g/mol. The van der Waals surface area contributed by atoms with Gasteiger partial charge < -0.3 is 19.9 Å². The van der Waals surface area contributed by atoms with Crippen LogP contribution in [0.1, 0.15) is 21.5 Å². The van der Waals surface area contributed by atoms with Crippen LogP contribution in [0.25, 0.3) is 0 Å². The first-order valence-electron chi connectivity index (χ1n) is 10.4. The standard InChI is InChI=1S/C23H22F4N4O3/c1-34-11-8-29-21(32)20-14-30(22(33)17-4-2-3-5-19(17)24)9-10-31(20)16-7-6-15(13-28)18(12-16)23(25,26)27/h2-7,12,20H,8-11,14H2,1H3,(H,29,32). The molecule has 11 heteroatoms. The van der Waals surface area contributed by atoms with Gasteiger partial charge in [-0.25, -0.2) is 4.39 Å². The molecule has 1 fully saturated rings. The van der Waals surface area contributed by atoms with E-state index in [1.165, 1.54) is 47.2 Å². The third-order valence-corrected chi connectivity index (χ3v) is 5.44. The Kier molecular flexibility index (Phi) is 7.73. The lowest BCUT2D eigenvalue weighted by Gasteiger charge is -2.42. The second-order valence-electron chi connectivity index (χ2n) is 7.56. The molecule has 2 aromatic carbocycles. The summed E-state index contributed by atoms with van der Waals surface area (Å²) in [5.74, 6) is -1.86. The Morgan fingerprint density at radius 2 is 1.94 bits per heavy atom. The highest BCUT2D eigenvalue weighted by molar-refractivity contribution is 5.95. The molecule has 1 aliphatic heterocycles. The number of nitrogens with zero attached hydrogens (tertiary/aromatic N) is 3. The summed E-state index contributed by atoms with van der Waals surface area (Å²) in [4.78, 5) is 28.6. The average molecular weight is 478 g/mol. The lowest BCUT2D eigenvalue weighted by Crippen LogP contribution is -2.60. The maximum absolute atomic E-state index is 14.1. The summed E-state index contributed by atoms with van der Waals surface area (Å²) in [6.45, 7) is 0.267. The molecule has 1 N–H and O–H groups in total. The van der Waals surface area contributed by atoms with Gasteiger partial charge in [-0.3, -0.25) is 9.59 Å². The van der Waals surface area contributed by atoms with Crippen molar-refractivity contribution in [3.05, 3.63) is 65.0 Å². The molecule has 0 radical (unpaired) electrons. The minimum absolute atomic E-state index is 0.0196. The molecule has 2 aromatic rings. The highest BCUT2D eigenvalue weighted by Gasteiger charge is 2.38. The predicted octanol–water partition coefficient (Wildman–Crippen LogP) is 2.81. The van der Waals surface area contributed by atoms with Gasteiger partial charge in [0.05, 0.1) is 35.9 Å². The third kappa shape index (κ3) is 5.46. The summed E-state index contributed by atoms with van der Waals surface area (Å²) in [5.41, 5.74) is -1.73. The lowest BCUT2D eigenvalue weighted by atomic mass is 10.0. The number of nitrogens with one attached hydrogen (secondary N) is 1. The lowest BCUT2D eigenvalue weighted by molar-refractivity contribution is -0.137. The van der Waals surface area contributed by atoms with Crippen molar-refractivity contribution < 1.29 is 31.9 Å². The van der Waals surface area contributed by atoms with Crippen LogP contribution in [0.4, 0.5) is 23.2 Å². The summed E-state index contributed by atoms with van der Waals surface area (Å²) >= 11 is 0. The monoisotopic (exact) mass is 478 g/mol. The molecule has 0 spiro atoms. The third-order valence-electron chi connectivity index (χ3n) is 5.44. The molecule has 1 saturated heterocycles. The Labute approximate surface area is 193 Å². The van der Waals surface area contributed by atoms with E-state index in [0.717, 1.165) is 18.2 Å². The smallest absolute Gasteiger partial charge is 0.383 e. The highest BCUT2D eigenvalue weighted by Crippen LogP contribution is 2.35. The van der Waals surface area contributed by atoms with E-state index in [2.05, 4.69) is 5.32 Å². The largest absolute Gasteiger partial charge is 0.417 e. The number of hydrogen-bond donors (Lipinski definition) is 1. The molecule has 0 aliphatic carbocycles. The van der Waals surface area contributed by atoms with Crippen LogP contribution >= 0.6 is 0 Å². The zero-order valence-corrected chi connectivity index (χ0v) is 18.2. The number of anilines is 1. The number of hydrogen-bond acceptors (Lipinski definition) is 5. The van der Waals surface area contributed by atoms with Crippen LogP contribution in [0.3, 0.4) is 0 Å². The van der Waals surface area contributed by atoms with E-state index in [4.69, 9.17) is 10.00 Å². The maximum Gasteiger partial charge on any atom is 0.417 e. The fourth-order valence-corrected chi connectivity index (χ4v) is 3.74. The molecule has 1 aliphatic rings. The van der Waals surface area contributed by atoms with Gasteiger partial charge in [0.1, 0.15) is 11.9 Å². The van der Waals surface area contributed by atoms with Crippen molar-refractivity contribution in [2.24, 2.45) is 0 Å². The van der Waals surface area contributed by atoms with Crippen molar-refractivity contribution in [3.63, 3.8) is 0 Å². The van der Waals surface area contributed by atoms with E-state index in [1.807, 2.05) is 0 Å². The van der Waals surface area contributed by atoms with E-state index in [9.17, 15) is 27.2 Å². The van der Waals surface area contributed by atoms with Crippen LogP contribution < -0.4 is 10.2 Å². The second kappa shape index (κ2) is 10.5. The van der Waals surface area contributed by atoms with Crippen LogP contribution in [0.15, 0.2) is 42.5 Å². The van der Waals surface area contributed by atoms with E-state index >= 15 is 0 Å². The van der Waals surface area contributed by atoms with Gasteiger partial charge in [0.25, 0.3) is 5.91 Å². The van der Waals surface area contributed by atoms with Gasteiger partial charge >= 0.3 is 6.18 Å². The first kappa shape index (κ1) is 25.0. The number of piperazine rings is 1. The van der Waals surface area contributed by atoms with E-state index in [0.29, 0.717) is 0 Å². The van der Waals surface area contributed by atoms with Crippen molar-refractivity contribution >= 4 is 17.5 Å². The number of methoxy groups -OCH3 is 1. The van der Waals surface area contributed by atoms with Crippen LogP contribution in [0.5, 0.6) is 0 Å². The second-order valence-corrected chi connectivity index (χ2v) is 7.56. The number of benzene rings is 2. The molecule has 1 unspecified atom stereocenters. The summed E-state index contributed by atoms with van der Waals surface area (Å²) in [7, 11) is 1.45. The number of halogens is 4. The predicted molar refractivity (Wildman–Crippen MR) is 114 cm³/mol. The molecule has 180 valence electrons. The number of amides is 2. The number of alkyl halides is 3. The van der Waals surface area contributed by atoms with E-state index < -0.39 is 41.0 Å². The Morgan fingerprint density at radius 1 is 1.21 bits per heavy atom. The Hall–Kier alpha value is -3.65. The fourth-order valence-electron chi connectivity index (χ4n) is 3.74. The molecule has 3 rings (SSSR count). The van der Waals surface area contributed by atoms with E-state index in [-0.39, 0.29) is 44.0 Å². The normalized spacial score (nSPS) is 16.2. The maximum atomic E-state index is 14.1. The van der Waals surface area contributed by atoms with Crippen LogP contribution in [-0.2, 0) is 15.7 Å². The van der Waals surface area contributed by atoms with Gasteiger partial charge in [-0.1, -0.05) is 12.1 Å². The first-order valence-corrected chi connectivity index (χ1v) is 10.4. The van der Waals surface area contributed by atoms with E-state index in [1.54, 1.807) is 0 Å². The van der Waals surface area contributed by atoms with Gasteiger partial charge in [0.15, 0.2) is 0 Å². The molecule has 1 heterocycles. The Bertz CT molecular complexity index is 1100. The quantitative estimate of drug-likeness (QED) is 0.510. The van der Waals surface area contributed by atoms with Crippen molar-refractivity contribution in [2.45, 2.75) is 12.2 Å². The Balaban J connectivity index is 1.93. The van der Waals surface area contributed by atoms with Gasteiger partial charge in [0, 0.05) is 32.4 Å². The molecule has 2 amide bonds. The summed E-state index contributed by atoms with van der Waals surface area (Å²) in [6, 6.07) is 9.11. The summed E-state index contributed by atoms with van der Waals surface area (Å²) in [6.07, 6.45) is -4.76. The number of nitriles is 1. The minimum Gasteiger partial charge on any atom is -0.383 e. The molecule has 7 nitrogen and oxygen atoms in total. The van der Waals surface area contributed by atoms with Gasteiger partial charge in [0.2, 0.25) is 5.91 Å². The zero-order valence-electron chi connectivity index (χ0n) is 18.2. The Morgan fingerprint density at radius 3 is 2.59 bits per heavy atom. The topological polar surface area (TPSA) is 85.7 Å². The molecule has 0 saturated carbocycles. The van der Waals surface area contributed by atoms with Crippen molar-refractivity contribution in [3.8, 4) is 6.07 Å². The molecule has 1 atom stereocenters. The first-order chi connectivity index (χ1) is 16.2. The average Bonchev–Trinajstić information content (AvgIpc) is 2.82. The zero-order chi connectivity index (χ0) is 24.9. The number of carbonyl (C=O) groups is 2. The van der Waals surface area contributed by atoms with Gasteiger partial charge in [-0.2, -0.15) is 18.4 Å². The minimum atomic E-state index is -4.76. The number of ether oxygens (including phenoxy) is 1. The van der Waals surface area contributed by atoms with Crippen molar-refractivity contribution in [1.82, 2.24) is 10.2 Å². The molecule has 34 heavy (non-hydrogen) atoms. The van der Waals surface area contributed by atoms with Crippen molar-refractivity contribution in [2.75, 3.05) is 44.8 Å². The van der Waals surface area contributed by atoms with Crippen LogP contribution in [-0.4, -0.2) is 62.7 Å². The number of rotatable bonds is 6. The summed E-state index contributed by atoms with van der Waals surface area (Å²) in [5, 5.41) is 11.7. The van der Waals surface area contributed by atoms with Gasteiger partial charge in [-0.15, -0.1) is 0 Å². The molecule has 0 bridgehead atoms. The van der Waals surface area contributed by atoms with Crippen molar-refractivity contribution in [1.29, 1.82) is 5.26 Å². The van der Waals surface area contributed by atoms with Crippen LogP contribution in [0.2, 0.25) is 0 Å². The fraction of sp³-hybridized carbons (Fsp3) is 0.348. The highest BCUT2D eigenvalue weighted by atomic mass is 19.4. The summed E-state index contributed by atoms with van der Waals surface area (Å²) < 4.78 is 59.5. The SMILES string of the molecule is COCCNC(=O)C1CN(C(=O)c2ccccc2F)CCN1c1ccc(C#N)c(C(F)(F)F)c1. The molecule has 0 aromatic heterocycles. The number of carbonyl (C=O) groups excluding carboxylic acids is 2.